The first-order valence-electron chi connectivity index (χ1n) is 14.7. The van der Waals surface area contributed by atoms with Crippen LogP contribution in [0.3, 0.4) is 0 Å². The number of rotatable bonds is 7. The lowest BCUT2D eigenvalue weighted by molar-refractivity contribution is -0.307. The first kappa shape index (κ1) is 31.7. The summed E-state index contributed by atoms with van der Waals surface area (Å²) in [5.41, 5.74) is 0.0794. The summed E-state index contributed by atoms with van der Waals surface area (Å²) in [5.74, 6) is -1.88. The summed E-state index contributed by atoms with van der Waals surface area (Å²) in [6.45, 7) is 14.0. The second-order valence-electron chi connectivity index (χ2n) is 13.3. The minimum absolute atomic E-state index is 0.112. The fourth-order valence-electron chi connectivity index (χ4n) is 8.36. The molecular formula is C30H46O11. The molecule has 4 fully saturated rings. The molecule has 0 spiro atoms. The average molecular weight is 583 g/mol. The predicted molar refractivity (Wildman–Crippen MR) is 143 cm³/mol. The van der Waals surface area contributed by atoms with Gasteiger partial charge in [-0.2, -0.15) is 0 Å². The fraction of sp³-hybridized carbons (Fsp3) is 0.867. The highest BCUT2D eigenvalue weighted by molar-refractivity contribution is 5.69. The van der Waals surface area contributed by atoms with E-state index in [0.29, 0.717) is 18.3 Å². The lowest BCUT2D eigenvalue weighted by Gasteiger charge is -2.60. The SMILES string of the molecule is CC(=O)O[C@@H]1O[C@H](COC2C[C@H]3[C@@](C)(CCC4C(C)(C)CCC[C@@]43C)O2)[C@@H](OC(C)=O)[C@H](OC(C)=O)[C@H]1OC(C)=O. The van der Waals surface area contributed by atoms with Gasteiger partial charge in [0.15, 0.2) is 18.5 Å². The Morgan fingerprint density at radius 1 is 0.732 bits per heavy atom. The van der Waals surface area contributed by atoms with Crippen LogP contribution in [-0.2, 0) is 52.3 Å². The molecule has 0 N–H and O–H groups in total. The standard InChI is InChI=1S/C30H46O11/c1-16(31)36-24-20(40-27(39-19(4)34)26(38-18(3)33)25(24)37-17(2)32)15-35-23-14-22-29(7)12-9-11-28(5,6)21(29)10-13-30(22,8)41-23/h20-27H,9-15H2,1-8H3/t20-,21?,22-,23?,24-,25+,26-,27-,29+,30-/m1/s1. The molecule has 2 aliphatic carbocycles. The first-order chi connectivity index (χ1) is 19.1. The Labute approximate surface area is 242 Å². The Morgan fingerprint density at radius 2 is 1.32 bits per heavy atom. The van der Waals surface area contributed by atoms with Crippen LogP contribution in [0, 0.1) is 22.7 Å². The lowest BCUT2D eigenvalue weighted by atomic mass is 9.45. The van der Waals surface area contributed by atoms with Gasteiger partial charge in [-0.05, 0) is 55.3 Å². The number of fused-ring (bicyclic) bond motifs is 3. The van der Waals surface area contributed by atoms with E-state index in [9.17, 15) is 19.2 Å². The summed E-state index contributed by atoms with van der Waals surface area (Å²) < 4.78 is 40.5. The Kier molecular flexibility index (Phi) is 9.12. The van der Waals surface area contributed by atoms with E-state index in [1.165, 1.54) is 33.6 Å². The molecule has 41 heavy (non-hydrogen) atoms. The van der Waals surface area contributed by atoms with E-state index in [2.05, 4.69) is 27.7 Å². The van der Waals surface area contributed by atoms with Crippen molar-refractivity contribution >= 4 is 23.9 Å². The smallest absolute Gasteiger partial charge is 0.305 e. The van der Waals surface area contributed by atoms with Crippen molar-refractivity contribution in [3.8, 4) is 0 Å². The number of carbonyl (C=O) groups is 4. The molecule has 0 amide bonds. The molecule has 10 atom stereocenters. The Hall–Kier alpha value is -2.24. The van der Waals surface area contributed by atoms with E-state index in [0.717, 1.165) is 26.2 Å². The molecule has 2 saturated carbocycles. The summed E-state index contributed by atoms with van der Waals surface area (Å²) in [6.07, 6.45) is -0.496. The molecule has 232 valence electrons. The highest BCUT2D eigenvalue weighted by Crippen LogP contribution is 2.65. The summed E-state index contributed by atoms with van der Waals surface area (Å²) >= 11 is 0. The molecule has 11 nitrogen and oxygen atoms in total. The van der Waals surface area contributed by atoms with Crippen LogP contribution in [0.4, 0.5) is 0 Å². The monoisotopic (exact) mass is 582 g/mol. The fourth-order valence-corrected chi connectivity index (χ4v) is 8.36. The number of esters is 4. The number of carbonyl (C=O) groups excluding carboxylic acids is 4. The van der Waals surface area contributed by atoms with E-state index >= 15 is 0 Å². The zero-order valence-electron chi connectivity index (χ0n) is 25.6. The Balaban J connectivity index is 1.55. The summed E-state index contributed by atoms with van der Waals surface area (Å²) in [5, 5.41) is 0. The van der Waals surface area contributed by atoms with Crippen molar-refractivity contribution in [2.24, 2.45) is 22.7 Å². The van der Waals surface area contributed by atoms with Crippen molar-refractivity contribution in [2.75, 3.05) is 6.61 Å². The maximum absolute atomic E-state index is 12.1. The first-order valence-corrected chi connectivity index (χ1v) is 14.7. The van der Waals surface area contributed by atoms with Crippen LogP contribution in [-0.4, -0.2) is 73.1 Å². The molecular weight excluding hydrogens is 536 g/mol. The molecule has 2 aliphatic heterocycles. The van der Waals surface area contributed by atoms with Gasteiger partial charge in [-0.3, -0.25) is 19.2 Å². The number of hydrogen-bond acceptors (Lipinski definition) is 11. The molecule has 11 heteroatoms. The van der Waals surface area contributed by atoms with Crippen LogP contribution in [0.2, 0.25) is 0 Å². The zero-order valence-corrected chi connectivity index (χ0v) is 25.6. The van der Waals surface area contributed by atoms with E-state index in [-0.39, 0.29) is 23.0 Å². The molecule has 2 heterocycles. The Morgan fingerprint density at radius 3 is 1.93 bits per heavy atom. The van der Waals surface area contributed by atoms with Gasteiger partial charge in [-0.15, -0.1) is 0 Å². The van der Waals surface area contributed by atoms with Crippen molar-refractivity contribution in [2.45, 2.75) is 137 Å². The summed E-state index contributed by atoms with van der Waals surface area (Å²) in [6, 6.07) is 0. The molecule has 4 aliphatic rings. The molecule has 0 bridgehead atoms. The van der Waals surface area contributed by atoms with Gasteiger partial charge in [0.2, 0.25) is 12.4 Å². The van der Waals surface area contributed by atoms with E-state index in [4.69, 9.17) is 33.2 Å². The van der Waals surface area contributed by atoms with Crippen LogP contribution >= 0.6 is 0 Å². The highest BCUT2D eigenvalue weighted by atomic mass is 16.8. The van der Waals surface area contributed by atoms with Crippen LogP contribution in [0.15, 0.2) is 0 Å². The topological polar surface area (TPSA) is 133 Å². The maximum atomic E-state index is 12.1. The van der Waals surface area contributed by atoms with Crippen molar-refractivity contribution in [3.63, 3.8) is 0 Å². The Bertz CT molecular complexity index is 1030. The molecule has 0 aromatic rings. The van der Waals surface area contributed by atoms with Gasteiger partial charge in [0.05, 0.1) is 12.2 Å². The van der Waals surface area contributed by atoms with Crippen molar-refractivity contribution in [1.82, 2.24) is 0 Å². The van der Waals surface area contributed by atoms with Gasteiger partial charge in [0, 0.05) is 34.1 Å². The molecule has 0 radical (unpaired) electrons. The van der Waals surface area contributed by atoms with Gasteiger partial charge in [0.25, 0.3) is 0 Å². The van der Waals surface area contributed by atoms with Crippen molar-refractivity contribution in [3.05, 3.63) is 0 Å². The van der Waals surface area contributed by atoms with Crippen LogP contribution in [0.25, 0.3) is 0 Å². The number of ether oxygens (including phenoxy) is 7. The largest absolute Gasteiger partial charge is 0.456 e. The van der Waals surface area contributed by atoms with Gasteiger partial charge in [-0.25, -0.2) is 0 Å². The van der Waals surface area contributed by atoms with E-state index < -0.39 is 60.9 Å². The van der Waals surface area contributed by atoms with Gasteiger partial charge in [0.1, 0.15) is 6.10 Å². The molecule has 4 rings (SSSR count). The van der Waals surface area contributed by atoms with Crippen molar-refractivity contribution < 1.29 is 52.3 Å². The molecule has 0 aromatic heterocycles. The molecule has 0 aromatic carbocycles. The third-order valence-corrected chi connectivity index (χ3v) is 9.79. The maximum Gasteiger partial charge on any atom is 0.305 e. The normalized spacial score (nSPS) is 41.4. The van der Waals surface area contributed by atoms with Gasteiger partial charge >= 0.3 is 23.9 Å². The minimum Gasteiger partial charge on any atom is -0.456 e. The zero-order chi connectivity index (χ0) is 30.3. The molecule has 2 unspecified atom stereocenters. The second-order valence-corrected chi connectivity index (χ2v) is 13.3. The molecule has 2 saturated heterocycles. The summed E-state index contributed by atoms with van der Waals surface area (Å²) in [7, 11) is 0. The third kappa shape index (κ3) is 6.57. The van der Waals surface area contributed by atoms with Crippen LogP contribution in [0.5, 0.6) is 0 Å². The second kappa shape index (κ2) is 11.8. The van der Waals surface area contributed by atoms with Crippen LogP contribution in [0.1, 0.15) is 93.9 Å². The lowest BCUT2D eigenvalue weighted by Crippen LogP contribution is -2.63. The predicted octanol–water partition coefficient (Wildman–Crippen LogP) is 3.83. The third-order valence-electron chi connectivity index (χ3n) is 9.79. The van der Waals surface area contributed by atoms with E-state index in [1.54, 1.807) is 0 Å². The number of hydrogen-bond donors (Lipinski definition) is 0. The van der Waals surface area contributed by atoms with Crippen LogP contribution < -0.4 is 0 Å². The average Bonchev–Trinajstić information content (AvgIpc) is 3.18. The van der Waals surface area contributed by atoms with E-state index in [1.807, 2.05) is 0 Å². The minimum atomic E-state index is -1.42. The van der Waals surface area contributed by atoms with Gasteiger partial charge in [-0.1, -0.05) is 27.2 Å². The van der Waals surface area contributed by atoms with Crippen molar-refractivity contribution in [1.29, 1.82) is 0 Å². The summed E-state index contributed by atoms with van der Waals surface area (Å²) in [4.78, 5) is 47.9. The quantitative estimate of drug-likeness (QED) is 0.320. The highest BCUT2D eigenvalue weighted by Gasteiger charge is 2.62. The van der Waals surface area contributed by atoms with Gasteiger partial charge < -0.3 is 33.2 Å².